The quantitative estimate of drug-likeness (QED) is 0.349. The van der Waals surface area contributed by atoms with Crippen molar-refractivity contribution in [2.45, 2.75) is 45.8 Å². The number of phenols is 1. The summed E-state index contributed by atoms with van der Waals surface area (Å²) in [4.78, 5) is 28.7. The van der Waals surface area contributed by atoms with Crippen LogP contribution in [0.3, 0.4) is 0 Å². The molecule has 0 bridgehead atoms. The fourth-order valence-electron chi connectivity index (χ4n) is 5.33. The van der Waals surface area contributed by atoms with Gasteiger partial charge in [-0.2, -0.15) is 5.26 Å². The van der Waals surface area contributed by atoms with Gasteiger partial charge in [0.1, 0.15) is 30.2 Å². The third kappa shape index (κ3) is 5.21. The van der Waals surface area contributed by atoms with Crippen molar-refractivity contribution in [2.75, 3.05) is 10.2 Å². The predicted molar refractivity (Wildman–Crippen MR) is 149 cm³/mol. The topological polar surface area (TPSA) is 103 Å². The van der Waals surface area contributed by atoms with Crippen molar-refractivity contribution in [2.24, 2.45) is 5.41 Å². The second-order valence-corrected chi connectivity index (χ2v) is 11.0. The highest BCUT2D eigenvalue weighted by Gasteiger charge is 2.44. The Balaban J connectivity index is 1.65. The van der Waals surface area contributed by atoms with E-state index in [1.807, 2.05) is 50.2 Å². The zero-order valence-electron chi connectivity index (χ0n) is 21.7. The number of anilines is 2. The summed E-state index contributed by atoms with van der Waals surface area (Å²) in [6.07, 6.45) is 0.390. The van der Waals surface area contributed by atoms with Gasteiger partial charge in [0.2, 0.25) is 5.91 Å². The number of phenolic OH excluding ortho intramolecular Hbond substituents is 1. The number of ether oxygens (including phenoxy) is 1. The molecule has 2 aliphatic rings. The molecule has 2 N–H and O–H groups in total. The first kappa shape index (κ1) is 26.3. The Kier molecular flexibility index (Phi) is 7.07. The molecule has 1 aliphatic heterocycles. The number of para-hydroxylation sites is 1. The SMILES string of the molecule is CC1(C)CC(=O)C2=C(C1)Nc1c(O)cccc1N(C(=O)CC#N)[C@@H]2c1ccc(OCc2ccccc2)cc1Cl. The highest BCUT2D eigenvalue weighted by Crippen LogP contribution is 2.51. The second kappa shape index (κ2) is 10.5. The van der Waals surface area contributed by atoms with Gasteiger partial charge in [0.25, 0.3) is 0 Å². The average Bonchev–Trinajstić information content (AvgIpc) is 3.03. The smallest absolute Gasteiger partial charge is 0.242 e. The minimum Gasteiger partial charge on any atom is -0.506 e. The van der Waals surface area contributed by atoms with E-state index in [1.165, 1.54) is 11.0 Å². The van der Waals surface area contributed by atoms with Crippen LogP contribution in [0.2, 0.25) is 5.02 Å². The fraction of sp³-hybridized carbons (Fsp3) is 0.258. The summed E-state index contributed by atoms with van der Waals surface area (Å²) < 4.78 is 5.95. The van der Waals surface area contributed by atoms with Crippen LogP contribution in [-0.2, 0) is 16.2 Å². The van der Waals surface area contributed by atoms with E-state index in [1.54, 1.807) is 30.3 Å². The van der Waals surface area contributed by atoms with Gasteiger partial charge < -0.3 is 15.2 Å². The molecule has 0 saturated carbocycles. The van der Waals surface area contributed by atoms with Crippen LogP contribution in [0.1, 0.15) is 50.3 Å². The summed E-state index contributed by atoms with van der Waals surface area (Å²) in [7, 11) is 0. The molecule has 1 heterocycles. The Morgan fingerprint density at radius 1 is 1.15 bits per heavy atom. The number of carbonyl (C=O) groups excluding carboxylic acids is 2. The fourth-order valence-corrected chi connectivity index (χ4v) is 5.60. The second-order valence-electron chi connectivity index (χ2n) is 10.6. The highest BCUT2D eigenvalue weighted by atomic mass is 35.5. The summed E-state index contributed by atoms with van der Waals surface area (Å²) >= 11 is 6.85. The number of benzene rings is 3. The summed E-state index contributed by atoms with van der Waals surface area (Å²) in [5, 5.41) is 23.8. The molecule has 1 aliphatic carbocycles. The van der Waals surface area contributed by atoms with Crippen LogP contribution in [-0.4, -0.2) is 16.8 Å². The number of aromatic hydroxyl groups is 1. The van der Waals surface area contributed by atoms with Crippen molar-refractivity contribution in [3.05, 3.63) is 94.1 Å². The molecule has 0 unspecified atom stereocenters. The molecule has 7 nitrogen and oxygen atoms in total. The average molecular weight is 542 g/mol. The van der Waals surface area contributed by atoms with Gasteiger partial charge in [-0.15, -0.1) is 0 Å². The number of nitriles is 1. The summed E-state index contributed by atoms with van der Waals surface area (Å²) in [6.45, 7) is 4.37. The number of ketones is 1. The molecular weight excluding hydrogens is 514 g/mol. The van der Waals surface area contributed by atoms with E-state index in [0.717, 1.165) is 5.56 Å². The van der Waals surface area contributed by atoms with E-state index < -0.39 is 18.4 Å². The van der Waals surface area contributed by atoms with E-state index in [2.05, 4.69) is 5.32 Å². The van der Waals surface area contributed by atoms with Gasteiger partial charge in [-0.3, -0.25) is 14.5 Å². The minimum absolute atomic E-state index is 0.0682. The monoisotopic (exact) mass is 541 g/mol. The maximum absolute atomic E-state index is 13.7. The summed E-state index contributed by atoms with van der Waals surface area (Å²) in [6, 6.07) is 20.8. The lowest BCUT2D eigenvalue weighted by atomic mass is 9.73. The Morgan fingerprint density at radius 3 is 2.64 bits per heavy atom. The molecular formula is C31H28ClN3O4. The standard InChI is InChI=1S/C31H28ClN3O4/c1-31(2)16-23-28(26(37)17-31)30(35(27(38)13-14-33)24-9-6-10-25(36)29(24)34-23)21-12-11-20(15-22(21)32)39-18-19-7-4-3-5-8-19/h3-12,15,30,34,36H,13,16-18H2,1-2H3/t30-/m1/s1. The molecule has 198 valence electrons. The van der Waals surface area contributed by atoms with E-state index >= 15 is 0 Å². The molecule has 0 radical (unpaired) electrons. The van der Waals surface area contributed by atoms with Gasteiger partial charge in [-0.05, 0) is 47.2 Å². The van der Waals surface area contributed by atoms with Crippen LogP contribution in [0.4, 0.5) is 11.4 Å². The number of hydrogen-bond donors (Lipinski definition) is 2. The first-order valence-corrected chi connectivity index (χ1v) is 13.1. The first-order valence-electron chi connectivity index (χ1n) is 12.7. The normalized spacial score (nSPS) is 17.8. The van der Waals surface area contributed by atoms with Gasteiger partial charge in [-0.25, -0.2) is 0 Å². The van der Waals surface area contributed by atoms with Crippen molar-refractivity contribution in [3.8, 4) is 17.6 Å². The summed E-state index contributed by atoms with van der Waals surface area (Å²) in [5.41, 5.74) is 2.88. The molecule has 3 aromatic carbocycles. The zero-order valence-corrected chi connectivity index (χ0v) is 22.5. The van der Waals surface area contributed by atoms with Crippen LogP contribution < -0.4 is 15.0 Å². The lowest BCUT2D eigenvalue weighted by molar-refractivity contribution is -0.119. The van der Waals surface area contributed by atoms with Crippen LogP contribution in [0, 0.1) is 16.7 Å². The molecule has 8 heteroatoms. The number of hydrogen-bond acceptors (Lipinski definition) is 6. The van der Waals surface area contributed by atoms with E-state index in [0.29, 0.717) is 52.0 Å². The first-order chi connectivity index (χ1) is 18.7. The molecule has 0 fully saturated rings. The number of fused-ring (bicyclic) bond motifs is 1. The number of halogens is 1. The maximum atomic E-state index is 13.7. The number of nitrogens with zero attached hydrogens (tertiary/aromatic N) is 2. The van der Waals surface area contributed by atoms with Gasteiger partial charge in [0, 0.05) is 22.7 Å². The molecule has 1 atom stereocenters. The Morgan fingerprint density at radius 2 is 1.92 bits per heavy atom. The van der Waals surface area contributed by atoms with Crippen molar-refractivity contribution < 1.29 is 19.4 Å². The molecule has 0 spiro atoms. The van der Waals surface area contributed by atoms with E-state index in [4.69, 9.17) is 16.3 Å². The van der Waals surface area contributed by atoms with Gasteiger partial charge in [0.05, 0.1) is 17.8 Å². The van der Waals surface area contributed by atoms with Crippen molar-refractivity contribution in [3.63, 3.8) is 0 Å². The van der Waals surface area contributed by atoms with Gasteiger partial charge in [0.15, 0.2) is 5.78 Å². The van der Waals surface area contributed by atoms with Gasteiger partial charge in [-0.1, -0.05) is 67.9 Å². The van der Waals surface area contributed by atoms with Crippen molar-refractivity contribution in [1.82, 2.24) is 0 Å². The Hall–Kier alpha value is -4.28. The van der Waals surface area contributed by atoms with Gasteiger partial charge >= 0.3 is 0 Å². The van der Waals surface area contributed by atoms with Crippen LogP contribution in [0.15, 0.2) is 78.0 Å². The molecule has 0 saturated heterocycles. The van der Waals surface area contributed by atoms with Crippen LogP contribution in [0.5, 0.6) is 11.5 Å². The maximum Gasteiger partial charge on any atom is 0.242 e. The van der Waals surface area contributed by atoms with Crippen LogP contribution >= 0.6 is 11.6 Å². The molecule has 0 aromatic heterocycles. The Labute approximate surface area is 232 Å². The number of rotatable bonds is 5. The summed E-state index contributed by atoms with van der Waals surface area (Å²) in [5.74, 6) is -0.164. The number of allylic oxidation sites excluding steroid dienone is 1. The lowest BCUT2D eigenvalue weighted by Crippen LogP contribution is -2.39. The van der Waals surface area contributed by atoms with Crippen molar-refractivity contribution >= 4 is 34.7 Å². The largest absolute Gasteiger partial charge is 0.506 e. The van der Waals surface area contributed by atoms with Crippen LogP contribution in [0.25, 0.3) is 0 Å². The molecule has 5 rings (SSSR count). The predicted octanol–water partition coefficient (Wildman–Crippen LogP) is 6.68. The zero-order chi connectivity index (χ0) is 27.7. The highest BCUT2D eigenvalue weighted by molar-refractivity contribution is 6.31. The van der Waals surface area contributed by atoms with Crippen molar-refractivity contribution in [1.29, 1.82) is 5.26 Å². The molecule has 1 amide bonds. The minimum atomic E-state index is -0.907. The van der Waals surface area contributed by atoms with E-state index in [9.17, 15) is 20.0 Å². The molecule has 39 heavy (non-hydrogen) atoms. The number of carbonyl (C=O) groups is 2. The van der Waals surface area contributed by atoms with E-state index in [-0.39, 0.29) is 23.4 Å². The lowest BCUT2D eigenvalue weighted by Gasteiger charge is -2.37. The number of amides is 1. The third-order valence-electron chi connectivity index (χ3n) is 7.02. The molecule has 3 aromatic rings. The number of nitrogens with one attached hydrogen (secondary N) is 1. The third-order valence-corrected chi connectivity index (χ3v) is 7.35. The Bertz CT molecular complexity index is 1520. The number of Topliss-reactive ketones (excluding diaryl/α,β-unsaturated/α-hetero) is 1.